The average molecular weight is 355 g/mol. The van der Waals surface area contributed by atoms with E-state index in [1.165, 1.54) is 18.1 Å². The van der Waals surface area contributed by atoms with Crippen molar-refractivity contribution in [2.45, 2.75) is 32.4 Å². The summed E-state index contributed by atoms with van der Waals surface area (Å²) in [4.78, 5) is 24.2. The molecular weight excluding hydrogens is 333 g/mol. The van der Waals surface area contributed by atoms with Gasteiger partial charge in [-0.3, -0.25) is 15.0 Å². The van der Waals surface area contributed by atoms with E-state index >= 15 is 0 Å². The first-order valence-electron chi connectivity index (χ1n) is 7.86. The topological polar surface area (TPSA) is 93.9 Å². The molecular formula is C16H22FN3O5. The minimum Gasteiger partial charge on any atom is -0.490 e. The number of halogens is 1. The van der Waals surface area contributed by atoms with E-state index in [1.54, 1.807) is 20.8 Å². The summed E-state index contributed by atoms with van der Waals surface area (Å²) in [6, 6.07) is 1.43. The first kappa shape index (κ1) is 18.9. The van der Waals surface area contributed by atoms with Gasteiger partial charge in [0.2, 0.25) is 0 Å². The number of carbonyl (C=O) groups excluding carboxylic acids is 1. The third-order valence-electron chi connectivity index (χ3n) is 3.73. The number of carbonyl (C=O) groups is 1. The summed E-state index contributed by atoms with van der Waals surface area (Å²) in [5, 5.41) is 14.1. The lowest BCUT2D eigenvalue weighted by molar-refractivity contribution is -0.386. The molecule has 1 aliphatic rings. The molecule has 25 heavy (non-hydrogen) atoms. The van der Waals surface area contributed by atoms with Crippen LogP contribution in [0, 0.1) is 15.9 Å². The maximum absolute atomic E-state index is 14.5. The first-order valence-corrected chi connectivity index (χ1v) is 7.86. The quantitative estimate of drug-likeness (QED) is 0.662. The van der Waals surface area contributed by atoms with Gasteiger partial charge in [0, 0.05) is 25.2 Å². The molecule has 1 N–H and O–H groups in total. The fourth-order valence-electron chi connectivity index (χ4n) is 2.64. The van der Waals surface area contributed by atoms with Crippen molar-refractivity contribution in [3.05, 3.63) is 33.6 Å². The molecule has 1 heterocycles. The molecule has 0 aromatic heterocycles. The fourth-order valence-corrected chi connectivity index (χ4v) is 2.64. The van der Waals surface area contributed by atoms with E-state index in [9.17, 15) is 19.3 Å². The smallest absolute Gasteiger partial charge is 0.410 e. The zero-order valence-electron chi connectivity index (χ0n) is 14.7. The van der Waals surface area contributed by atoms with Gasteiger partial charge in [0.1, 0.15) is 11.4 Å². The van der Waals surface area contributed by atoms with Gasteiger partial charge >= 0.3 is 11.8 Å². The molecule has 1 amide bonds. The standard InChI is InChI=1S/C16H22FN3O5/c1-16(2,3)25-15(21)19-6-5-18-9-13(19)10-7-14(24-4)12(20(22)23)8-11(10)17/h7-8,13,18H,5-6,9H2,1-4H3. The molecule has 8 nitrogen and oxygen atoms in total. The number of ether oxygens (including phenoxy) is 2. The fraction of sp³-hybridized carbons (Fsp3) is 0.562. The number of hydrogen-bond acceptors (Lipinski definition) is 6. The Kier molecular flexibility index (Phi) is 5.46. The predicted octanol–water partition coefficient (Wildman–Crippen LogP) is 2.62. The Hall–Kier alpha value is -2.42. The van der Waals surface area contributed by atoms with Gasteiger partial charge < -0.3 is 14.8 Å². The van der Waals surface area contributed by atoms with E-state index in [4.69, 9.17) is 9.47 Å². The Morgan fingerprint density at radius 2 is 2.12 bits per heavy atom. The van der Waals surface area contributed by atoms with Gasteiger partial charge in [-0.05, 0) is 26.8 Å². The molecule has 1 aliphatic heterocycles. The Morgan fingerprint density at radius 1 is 1.44 bits per heavy atom. The van der Waals surface area contributed by atoms with E-state index in [-0.39, 0.29) is 11.3 Å². The molecule has 138 valence electrons. The number of nitro benzene ring substituents is 1. The van der Waals surface area contributed by atoms with E-state index in [0.717, 1.165) is 6.07 Å². The number of methoxy groups -OCH3 is 1. The third kappa shape index (κ3) is 4.36. The number of nitrogens with one attached hydrogen (secondary N) is 1. The Balaban J connectivity index is 2.40. The lowest BCUT2D eigenvalue weighted by atomic mass is 10.0. The zero-order valence-corrected chi connectivity index (χ0v) is 14.7. The summed E-state index contributed by atoms with van der Waals surface area (Å²) >= 11 is 0. The van der Waals surface area contributed by atoms with Crippen LogP contribution in [-0.2, 0) is 4.74 Å². The van der Waals surface area contributed by atoms with Gasteiger partial charge in [0.15, 0.2) is 5.75 Å². The Morgan fingerprint density at radius 3 is 2.68 bits per heavy atom. The SMILES string of the molecule is COc1cc(C2CNCCN2C(=O)OC(C)(C)C)c(F)cc1[N+](=O)[O-]. The van der Waals surface area contributed by atoms with E-state index < -0.39 is 34.2 Å². The zero-order chi connectivity index (χ0) is 18.8. The van der Waals surface area contributed by atoms with Crippen molar-refractivity contribution in [1.29, 1.82) is 0 Å². The summed E-state index contributed by atoms with van der Waals surface area (Å²) in [5.41, 5.74) is -1.00. The predicted molar refractivity (Wildman–Crippen MR) is 88.2 cm³/mol. The van der Waals surface area contributed by atoms with Crippen LogP contribution in [0.2, 0.25) is 0 Å². The highest BCUT2D eigenvalue weighted by atomic mass is 19.1. The third-order valence-corrected chi connectivity index (χ3v) is 3.73. The van der Waals surface area contributed by atoms with Crippen molar-refractivity contribution in [2.75, 3.05) is 26.7 Å². The van der Waals surface area contributed by atoms with Crippen molar-refractivity contribution in [2.24, 2.45) is 0 Å². The van der Waals surface area contributed by atoms with Crippen LogP contribution in [0.5, 0.6) is 5.75 Å². The van der Waals surface area contributed by atoms with Crippen molar-refractivity contribution < 1.29 is 23.6 Å². The van der Waals surface area contributed by atoms with Crippen LogP contribution in [-0.4, -0.2) is 48.3 Å². The second-order valence-electron chi connectivity index (χ2n) is 6.70. The summed E-state index contributed by atoms with van der Waals surface area (Å²) in [6.07, 6.45) is -0.560. The number of benzene rings is 1. The van der Waals surface area contributed by atoms with Crippen molar-refractivity contribution >= 4 is 11.8 Å². The lowest BCUT2D eigenvalue weighted by Crippen LogP contribution is -2.50. The highest BCUT2D eigenvalue weighted by molar-refractivity contribution is 5.69. The van der Waals surface area contributed by atoms with Gasteiger partial charge in [-0.25, -0.2) is 9.18 Å². The van der Waals surface area contributed by atoms with Gasteiger partial charge in [0.05, 0.1) is 24.1 Å². The molecule has 1 fully saturated rings. The monoisotopic (exact) mass is 355 g/mol. The number of piperazine rings is 1. The van der Waals surface area contributed by atoms with Crippen LogP contribution in [0.1, 0.15) is 32.4 Å². The number of nitro groups is 1. The summed E-state index contributed by atoms with van der Waals surface area (Å²) in [6.45, 7) is 6.42. The Labute approximate surface area is 145 Å². The van der Waals surface area contributed by atoms with Crippen molar-refractivity contribution in [3.8, 4) is 5.75 Å². The number of amides is 1. The van der Waals surface area contributed by atoms with E-state index in [2.05, 4.69) is 5.32 Å². The average Bonchev–Trinajstić information content (AvgIpc) is 2.53. The maximum Gasteiger partial charge on any atom is 0.410 e. The molecule has 0 aliphatic carbocycles. The number of rotatable bonds is 3. The van der Waals surface area contributed by atoms with E-state index in [1.807, 2.05) is 0 Å². The lowest BCUT2D eigenvalue weighted by Gasteiger charge is -2.37. The maximum atomic E-state index is 14.5. The van der Waals surface area contributed by atoms with Crippen LogP contribution in [0.4, 0.5) is 14.9 Å². The molecule has 9 heteroatoms. The van der Waals surface area contributed by atoms with Gasteiger partial charge in [-0.15, -0.1) is 0 Å². The van der Waals surface area contributed by atoms with Crippen LogP contribution in [0.3, 0.4) is 0 Å². The molecule has 0 bridgehead atoms. The second kappa shape index (κ2) is 7.22. The van der Waals surface area contributed by atoms with Crippen LogP contribution < -0.4 is 10.1 Å². The van der Waals surface area contributed by atoms with Crippen LogP contribution >= 0.6 is 0 Å². The van der Waals surface area contributed by atoms with Gasteiger partial charge in [-0.2, -0.15) is 0 Å². The molecule has 0 saturated carbocycles. The van der Waals surface area contributed by atoms with Crippen LogP contribution in [0.15, 0.2) is 12.1 Å². The highest BCUT2D eigenvalue weighted by Gasteiger charge is 2.34. The second-order valence-corrected chi connectivity index (χ2v) is 6.70. The molecule has 1 saturated heterocycles. The van der Waals surface area contributed by atoms with Crippen molar-refractivity contribution in [3.63, 3.8) is 0 Å². The number of hydrogen-bond donors (Lipinski definition) is 1. The largest absolute Gasteiger partial charge is 0.490 e. The molecule has 0 spiro atoms. The summed E-state index contributed by atoms with van der Waals surface area (Å²) in [5.74, 6) is -0.828. The molecule has 1 atom stereocenters. The molecule has 1 unspecified atom stereocenters. The van der Waals surface area contributed by atoms with Crippen LogP contribution in [0.25, 0.3) is 0 Å². The number of nitrogens with zero attached hydrogens (tertiary/aromatic N) is 2. The van der Waals surface area contributed by atoms with Gasteiger partial charge in [-0.1, -0.05) is 0 Å². The molecule has 1 aromatic rings. The minimum absolute atomic E-state index is 0.0592. The van der Waals surface area contributed by atoms with Crippen molar-refractivity contribution in [1.82, 2.24) is 10.2 Å². The normalized spacial score (nSPS) is 18.0. The first-order chi connectivity index (χ1) is 11.6. The molecule has 1 aromatic carbocycles. The Bertz CT molecular complexity index is 674. The minimum atomic E-state index is -0.769. The summed E-state index contributed by atoms with van der Waals surface area (Å²) in [7, 11) is 1.27. The van der Waals surface area contributed by atoms with E-state index in [0.29, 0.717) is 19.6 Å². The highest BCUT2D eigenvalue weighted by Crippen LogP contribution is 2.35. The summed E-state index contributed by atoms with van der Waals surface area (Å²) < 4.78 is 24.9. The molecule has 2 rings (SSSR count). The molecule has 0 radical (unpaired) electrons. The van der Waals surface area contributed by atoms with Gasteiger partial charge in [0.25, 0.3) is 0 Å².